The van der Waals surface area contributed by atoms with E-state index in [0.29, 0.717) is 11.7 Å². The largest absolute Gasteiger partial charge is 0.491 e. The Hall–Kier alpha value is -2.30. The van der Waals surface area contributed by atoms with E-state index in [4.69, 9.17) is 9.47 Å². The number of hydrogen-bond donors (Lipinski definition) is 1. The summed E-state index contributed by atoms with van der Waals surface area (Å²) in [7, 11) is 1.51. The maximum atomic E-state index is 12.2. The van der Waals surface area contributed by atoms with Crippen LogP contribution in [0, 0.1) is 17.8 Å². The maximum Gasteiger partial charge on any atom is 0.308 e. The molecule has 1 heterocycles. The van der Waals surface area contributed by atoms with Crippen LogP contribution in [0.3, 0.4) is 0 Å². The van der Waals surface area contributed by atoms with Crippen molar-refractivity contribution < 1.29 is 19.1 Å². The first-order valence-electron chi connectivity index (χ1n) is 11.4. The Bertz CT molecular complexity index is 732. The third-order valence-electron chi connectivity index (χ3n) is 5.55. The van der Waals surface area contributed by atoms with Crippen molar-refractivity contribution in [1.29, 1.82) is 0 Å². The lowest BCUT2D eigenvalue weighted by atomic mass is 9.83. The van der Waals surface area contributed by atoms with Gasteiger partial charge in [-0.1, -0.05) is 63.1 Å². The number of amides is 1. The molecule has 0 unspecified atom stereocenters. The van der Waals surface area contributed by atoms with Gasteiger partial charge < -0.3 is 14.8 Å². The Morgan fingerprint density at radius 2 is 1.94 bits per heavy atom. The lowest BCUT2D eigenvalue weighted by molar-refractivity contribution is -0.168. The molecule has 31 heavy (non-hydrogen) atoms. The summed E-state index contributed by atoms with van der Waals surface area (Å²) in [5, 5.41) is 2.93. The number of esters is 1. The second-order valence-electron chi connectivity index (χ2n) is 8.87. The van der Waals surface area contributed by atoms with Crippen LogP contribution >= 0.6 is 0 Å². The Balaban J connectivity index is 2.61. The van der Waals surface area contributed by atoms with E-state index in [1.807, 2.05) is 33.8 Å². The molecule has 174 valence electrons. The number of cyclic esters (lactones) is 1. The van der Waals surface area contributed by atoms with Gasteiger partial charge in [0.1, 0.15) is 6.10 Å². The molecule has 1 N–H and O–H groups in total. The standard InChI is InChI=1S/C26H41NO4/c1-9-11-23(30-8)25(28)27-22(7)15-18(3)14-17(2)12-10-13-19(4)24-20(5)16-21(6)26(29)31-24/h10-12,14-15,19-22,24H,9,13,16H2,1-8H3,(H,27,28)/b12-10+,17-14+,18-15+,23-11-/t19-,20-,21+,22-,24+/m0/s1. The number of carbonyl (C=O) groups is 2. The molecular formula is C26H41NO4. The lowest BCUT2D eigenvalue weighted by Gasteiger charge is -2.35. The summed E-state index contributed by atoms with van der Waals surface area (Å²) in [6.07, 6.45) is 12.6. The molecule has 1 rings (SSSR count). The number of carbonyl (C=O) groups excluding carboxylic acids is 2. The highest BCUT2D eigenvalue weighted by atomic mass is 16.5. The molecule has 0 aliphatic carbocycles. The van der Waals surface area contributed by atoms with Gasteiger partial charge >= 0.3 is 5.97 Å². The Morgan fingerprint density at radius 1 is 1.26 bits per heavy atom. The third kappa shape index (κ3) is 9.16. The molecule has 0 spiro atoms. The van der Waals surface area contributed by atoms with E-state index in [2.05, 4.69) is 44.3 Å². The zero-order valence-corrected chi connectivity index (χ0v) is 20.5. The van der Waals surface area contributed by atoms with Gasteiger partial charge in [-0.3, -0.25) is 9.59 Å². The van der Waals surface area contributed by atoms with Crippen molar-refractivity contribution in [3.63, 3.8) is 0 Å². The topological polar surface area (TPSA) is 64.6 Å². The summed E-state index contributed by atoms with van der Waals surface area (Å²) >= 11 is 0. The van der Waals surface area contributed by atoms with Crippen molar-refractivity contribution >= 4 is 11.9 Å². The summed E-state index contributed by atoms with van der Waals surface area (Å²) < 4.78 is 10.8. The molecule has 5 atom stereocenters. The monoisotopic (exact) mass is 431 g/mol. The molecule has 0 radical (unpaired) electrons. The predicted octanol–water partition coefficient (Wildman–Crippen LogP) is 5.49. The van der Waals surface area contributed by atoms with Gasteiger partial charge in [0.25, 0.3) is 5.91 Å². The molecule has 1 saturated heterocycles. The van der Waals surface area contributed by atoms with Crippen molar-refractivity contribution in [2.24, 2.45) is 17.8 Å². The average Bonchev–Trinajstić information content (AvgIpc) is 2.68. The fraction of sp³-hybridized carbons (Fsp3) is 0.615. The van der Waals surface area contributed by atoms with Crippen LogP contribution in [0.5, 0.6) is 0 Å². The Labute approximate surface area is 188 Å². The smallest absolute Gasteiger partial charge is 0.308 e. The molecule has 0 aromatic rings. The molecule has 1 amide bonds. The quantitative estimate of drug-likeness (QED) is 0.215. The van der Waals surface area contributed by atoms with E-state index in [1.165, 1.54) is 7.11 Å². The number of ether oxygens (including phenoxy) is 2. The molecule has 0 aromatic carbocycles. The van der Waals surface area contributed by atoms with Gasteiger partial charge in [0, 0.05) is 6.04 Å². The molecule has 0 aromatic heterocycles. The summed E-state index contributed by atoms with van der Waals surface area (Å²) in [5.41, 5.74) is 2.20. The van der Waals surface area contributed by atoms with E-state index >= 15 is 0 Å². The number of nitrogens with one attached hydrogen (secondary N) is 1. The average molecular weight is 432 g/mol. The van der Waals surface area contributed by atoms with Crippen LogP contribution in [-0.4, -0.2) is 31.1 Å². The minimum absolute atomic E-state index is 0.00450. The van der Waals surface area contributed by atoms with E-state index in [-0.39, 0.29) is 35.9 Å². The van der Waals surface area contributed by atoms with Crippen LogP contribution < -0.4 is 5.32 Å². The van der Waals surface area contributed by atoms with Crippen molar-refractivity contribution in [1.82, 2.24) is 5.32 Å². The van der Waals surface area contributed by atoms with Crippen molar-refractivity contribution in [2.75, 3.05) is 7.11 Å². The summed E-state index contributed by atoms with van der Waals surface area (Å²) in [6, 6.07) is -0.110. The number of methoxy groups -OCH3 is 1. The predicted molar refractivity (Wildman–Crippen MR) is 126 cm³/mol. The van der Waals surface area contributed by atoms with Crippen LogP contribution in [0.1, 0.15) is 67.7 Å². The molecule has 0 bridgehead atoms. The second-order valence-corrected chi connectivity index (χ2v) is 8.87. The van der Waals surface area contributed by atoms with Gasteiger partial charge in [0.05, 0.1) is 13.0 Å². The normalized spacial score (nSPS) is 25.2. The summed E-state index contributed by atoms with van der Waals surface area (Å²) in [6.45, 7) is 14.2. The molecule has 1 aliphatic rings. The number of allylic oxidation sites excluding steroid dienone is 6. The zero-order chi connectivity index (χ0) is 23.6. The van der Waals surface area contributed by atoms with Gasteiger partial charge in [0.2, 0.25) is 0 Å². The fourth-order valence-electron chi connectivity index (χ4n) is 4.06. The van der Waals surface area contributed by atoms with E-state index in [9.17, 15) is 9.59 Å². The highest BCUT2D eigenvalue weighted by molar-refractivity contribution is 5.91. The van der Waals surface area contributed by atoms with Crippen molar-refractivity contribution in [3.8, 4) is 0 Å². The zero-order valence-electron chi connectivity index (χ0n) is 20.5. The van der Waals surface area contributed by atoms with Crippen LogP contribution in [0.2, 0.25) is 0 Å². The molecule has 5 nitrogen and oxygen atoms in total. The molecular weight excluding hydrogens is 390 g/mol. The number of rotatable bonds is 10. The first-order chi connectivity index (χ1) is 14.6. The van der Waals surface area contributed by atoms with Crippen LogP contribution in [0.15, 0.2) is 47.3 Å². The van der Waals surface area contributed by atoms with Gasteiger partial charge in [0.15, 0.2) is 5.76 Å². The van der Waals surface area contributed by atoms with Gasteiger partial charge in [-0.15, -0.1) is 0 Å². The van der Waals surface area contributed by atoms with E-state index < -0.39 is 0 Å². The lowest BCUT2D eigenvalue weighted by Crippen LogP contribution is -2.39. The summed E-state index contributed by atoms with van der Waals surface area (Å²) in [5.74, 6) is 0.748. The SMILES string of the molecule is CC/C=C(\OC)C(=O)N[C@@H](C)/C=C(C)/C=C(C)/C=C/C[C@H](C)[C@H]1OC(=O)[C@H](C)C[C@@H]1C. The van der Waals surface area contributed by atoms with Crippen molar-refractivity contribution in [2.45, 2.75) is 79.9 Å². The second kappa shape index (κ2) is 13.2. The Kier molecular flexibility index (Phi) is 11.4. The van der Waals surface area contributed by atoms with Crippen LogP contribution in [0.25, 0.3) is 0 Å². The van der Waals surface area contributed by atoms with Crippen molar-refractivity contribution in [3.05, 3.63) is 47.3 Å². The highest BCUT2D eigenvalue weighted by Gasteiger charge is 2.35. The molecule has 1 fully saturated rings. The maximum absolute atomic E-state index is 12.2. The van der Waals surface area contributed by atoms with Crippen LogP contribution in [-0.2, 0) is 19.1 Å². The first-order valence-corrected chi connectivity index (χ1v) is 11.4. The van der Waals surface area contributed by atoms with E-state index in [1.54, 1.807) is 6.08 Å². The third-order valence-corrected chi connectivity index (χ3v) is 5.55. The van der Waals surface area contributed by atoms with Gasteiger partial charge in [-0.05, 0) is 57.9 Å². The van der Waals surface area contributed by atoms with Gasteiger partial charge in [-0.2, -0.15) is 0 Å². The minimum atomic E-state index is -0.206. The summed E-state index contributed by atoms with van der Waals surface area (Å²) in [4.78, 5) is 24.1. The first kappa shape index (κ1) is 26.7. The van der Waals surface area contributed by atoms with E-state index in [0.717, 1.165) is 30.4 Å². The molecule has 5 heteroatoms. The van der Waals surface area contributed by atoms with Crippen LogP contribution in [0.4, 0.5) is 0 Å². The molecule has 0 saturated carbocycles. The highest BCUT2D eigenvalue weighted by Crippen LogP contribution is 2.31. The van der Waals surface area contributed by atoms with Gasteiger partial charge in [-0.25, -0.2) is 0 Å². The fourth-order valence-corrected chi connectivity index (χ4v) is 4.06. The Morgan fingerprint density at radius 3 is 2.55 bits per heavy atom. The minimum Gasteiger partial charge on any atom is -0.491 e. The number of hydrogen-bond acceptors (Lipinski definition) is 4. The molecule has 1 aliphatic heterocycles.